The number of halogens is 2. The maximum Gasteiger partial charge on any atom is 0.317 e. The van der Waals surface area contributed by atoms with E-state index in [-0.39, 0.29) is 6.03 Å². The zero-order chi connectivity index (χ0) is 13.7. The number of nitrogens with zero attached hydrogens (tertiary/aromatic N) is 1. The summed E-state index contributed by atoms with van der Waals surface area (Å²) >= 11 is 11.9. The number of hydrogen-bond donors (Lipinski definition) is 2. The first-order chi connectivity index (χ1) is 9.16. The maximum absolute atomic E-state index is 11.3. The summed E-state index contributed by atoms with van der Waals surface area (Å²) in [5.74, 6) is 0. The Kier molecular flexibility index (Phi) is 5.31. The fourth-order valence-corrected chi connectivity index (χ4v) is 2.51. The second-order valence-corrected chi connectivity index (χ2v) is 5.30. The van der Waals surface area contributed by atoms with Gasteiger partial charge >= 0.3 is 6.03 Å². The molecule has 0 bridgehead atoms. The third-order valence-electron chi connectivity index (χ3n) is 3.09. The van der Waals surface area contributed by atoms with Crippen LogP contribution in [0.15, 0.2) is 18.2 Å². The van der Waals surface area contributed by atoms with E-state index in [9.17, 15) is 4.79 Å². The van der Waals surface area contributed by atoms with Gasteiger partial charge in [-0.25, -0.2) is 4.79 Å². The lowest BCUT2D eigenvalue weighted by Gasteiger charge is -2.14. The molecular formula is C13H17Cl2N3O. The van der Waals surface area contributed by atoms with Gasteiger partial charge in [0.25, 0.3) is 0 Å². The number of nitrogens with one attached hydrogen (secondary N) is 2. The van der Waals surface area contributed by atoms with E-state index in [1.54, 1.807) is 6.07 Å². The summed E-state index contributed by atoms with van der Waals surface area (Å²) in [5.41, 5.74) is 1.08. The summed E-state index contributed by atoms with van der Waals surface area (Å²) in [4.78, 5) is 13.1. The molecule has 104 valence electrons. The van der Waals surface area contributed by atoms with Crippen molar-refractivity contribution < 1.29 is 4.79 Å². The van der Waals surface area contributed by atoms with Gasteiger partial charge in [0, 0.05) is 36.2 Å². The Balaban J connectivity index is 1.65. The molecule has 19 heavy (non-hydrogen) atoms. The molecule has 0 spiro atoms. The highest BCUT2D eigenvalue weighted by atomic mass is 35.5. The number of carbonyl (C=O) groups excluding carboxylic acids is 1. The third kappa shape index (κ3) is 4.27. The molecule has 6 heteroatoms. The number of urea groups is 1. The van der Waals surface area contributed by atoms with Crippen molar-refractivity contribution in [3.8, 4) is 0 Å². The maximum atomic E-state index is 11.3. The Morgan fingerprint density at radius 1 is 1.32 bits per heavy atom. The molecule has 1 saturated heterocycles. The molecular weight excluding hydrogens is 285 g/mol. The van der Waals surface area contributed by atoms with Gasteiger partial charge in [-0.1, -0.05) is 29.3 Å². The van der Waals surface area contributed by atoms with E-state index in [0.717, 1.165) is 44.7 Å². The molecule has 0 radical (unpaired) electrons. The van der Waals surface area contributed by atoms with Gasteiger partial charge in [0.1, 0.15) is 0 Å². The van der Waals surface area contributed by atoms with Crippen LogP contribution in [0.5, 0.6) is 0 Å². The van der Waals surface area contributed by atoms with E-state index in [2.05, 4.69) is 10.6 Å². The van der Waals surface area contributed by atoms with Crippen molar-refractivity contribution in [2.45, 2.75) is 6.42 Å². The molecule has 1 aliphatic rings. The largest absolute Gasteiger partial charge is 0.336 e. The number of amides is 2. The lowest BCUT2D eigenvalue weighted by molar-refractivity contribution is 0.217. The number of benzene rings is 1. The van der Waals surface area contributed by atoms with Crippen molar-refractivity contribution in [1.29, 1.82) is 0 Å². The zero-order valence-corrected chi connectivity index (χ0v) is 12.1. The molecule has 1 aromatic rings. The van der Waals surface area contributed by atoms with Crippen LogP contribution in [-0.4, -0.2) is 43.7 Å². The van der Waals surface area contributed by atoms with Gasteiger partial charge in [-0.3, -0.25) is 0 Å². The number of rotatable bonds is 6. The normalized spacial score (nSPS) is 14.8. The molecule has 1 aromatic carbocycles. The summed E-state index contributed by atoms with van der Waals surface area (Å²) in [6.45, 7) is 3.90. The molecule has 1 heterocycles. The Hall–Kier alpha value is -0.970. The van der Waals surface area contributed by atoms with Crippen molar-refractivity contribution >= 4 is 29.2 Å². The smallest absolute Gasteiger partial charge is 0.317 e. The van der Waals surface area contributed by atoms with Crippen molar-refractivity contribution in [3.63, 3.8) is 0 Å². The molecule has 1 fully saturated rings. The molecule has 1 aliphatic heterocycles. The molecule has 2 N–H and O–H groups in total. The van der Waals surface area contributed by atoms with Gasteiger partial charge in [-0.15, -0.1) is 0 Å². The van der Waals surface area contributed by atoms with Crippen LogP contribution in [0.3, 0.4) is 0 Å². The summed E-state index contributed by atoms with van der Waals surface area (Å²) in [7, 11) is 0. The zero-order valence-electron chi connectivity index (χ0n) is 10.6. The predicted molar refractivity (Wildman–Crippen MR) is 78.0 cm³/mol. The van der Waals surface area contributed by atoms with Crippen molar-refractivity contribution in [1.82, 2.24) is 15.5 Å². The number of hydrogen-bond acceptors (Lipinski definition) is 2. The van der Waals surface area contributed by atoms with Gasteiger partial charge in [0.15, 0.2) is 0 Å². The second kappa shape index (κ2) is 6.98. The van der Waals surface area contributed by atoms with Crippen LogP contribution in [0.4, 0.5) is 4.79 Å². The Labute approximate surface area is 123 Å². The minimum absolute atomic E-state index is 0.0301. The molecule has 4 nitrogen and oxygen atoms in total. The van der Waals surface area contributed by atoms with E-state index in [1.165, 1.54) is 0 Å². The average Bonchev–Trinajstić information content (AvgIpc) is 2.77. The van der Waals surface area contributed by atoms with Crippen LogP contribution in [0, 0.1) is 0 Å². The van der Waals surface area contributed by atoms with Crippen LogP contribution in [0.2, 0.25) is 10.0 Å². The lowest BCUT2D eigenvalue weighted by Crippen LogP contribution is -2.35. The number of carbonyl (C=O) groups is 1. The van der Waals surface area contributed by atoms with E-state index in [4.69, 9.17) is 23.2 Å². The molecule has 0 atom stereocenters. The van der Waals surface area contributed by atoms with Crippen molar-refractivity contribution in [2.75, 3.05) is 32.7 Å². The highest BCUT2D eigenvalue weighted by Gasteiger charge is 2.17. The third-order valence-corrected chi connectivity index (χ3v) is 3.68. The highest BCUT2D eigenvalue weighted by Crippen LogP contribution is 2.20. The first kappa shape index (κ1) is 14.4. The van der Waals surface area contributed by atoms with Crippen LogP contribution < -0.4 is 10.6 Å². The van der Waals surface area contributed by atoms with Gasteiger partial charge in [0.05, 0.1) is 0 Å². The average molecular weight is 302 g/mol. The fraction of sp³-hybridized carbons (Fsp3) is 0.462. The van der Waals surface area contributed by atoms with Crippen molar-refractivity contribution in [2.24, 2.45) is 0 Å². The molecule has 0 unspecified atom stereocenters. The van der Waals surface area contributed by atoms with E-state index in [0.29, 0.717) is 10.0 Å². The van der Waals surface area contributed by atoms with Gasteiger partial charge in [-0.2, -0.15) is 0 Å². The quantitative estimate of drug-likeness (QED) is 0.791. The molecule has 2 rings (SSSR count). The molecule has 0 saturated carbocycles. The van der Waals surface area contributed by atoms with Crippen LogP contribution in [0.25, 0.3) is 0 Å². The second-order valence-electron chi connectivity index (χ2n) is 4.45. The Morgan fingerprint density at radius 2 is 2.16 bits per heavy atom. The topological polar surface area (TPSA) is 44.4 Å². The summed E-state index contributed by atoms with van der Waals surface area (Å²) in [5, 5.41) is 7.44. The van der Waals surface area contributed by atoms with E-state index in [1.807, 2.05) is 17.0 Å². The minimum atomic E-state index is 0.0301. The monoisotopic (exact) mass is 301 g/mol. The minimum Gasteiger partial charge on any atom is -0.336 e. The fourth-order valence-electron chi connectivity index (χ4n) is 2.01. The summed E-state index contributed by atoms with van der Waals surface area (Å²) in [6, 6.07) is 5.58. The van der Waals surface area contributed by atoms with Crippen molar-refractivity contribution in [3.05, 3.63) is 33.8 Å². The summed E-state index contributed by atoms with van der Waals surface area (Å²) < 4.78 is 0. The Bertz CT molecular complexity index is 454. The molecule has 0 aliphatic carbocycles. The SMILES string of the molecule is O=C1NCCN1CCNCCc1ccc(Cl)cc1Cl. The molecule has 2 amide bonds. The standard InChI is InChI=1S/C13H17Cl2N3O/c14-11-2-1-10(12(15)9-11)3-4-16-5-7-18-8-6-17-13(18)19/h1-2,9,16H,3-8H2,(H,17,19). The van der Waals surface area contributed by atoms with Gasteiger partial charge in [0.2, 0.25) is 0 Å². The first-order valence-corrected chi connectivity index (χ1v) is 7.10. The van der Waals surface area contributed by atoms with Crippen LogP contribution >= 0.6 is 23.2 Å². The highest BCUT2D eigenvalue weighted by molar-refractivity contribution is 6.35. The molecule has 0 aromatic heterocycles. The van der Waals surface area contributed by atoms with Crippen LogP contribution in [-0.2, 0) is 6.42 Å². The Morgan fingerprint density at radius 3 is 2.84 bits per heavy atom. The van der Waals surface area contributed by atoms with Gasteiger partial charge in [-0.05, 0) is 30.7 Å². The van der Waals surface area contributed by atoms with E-state index < -0.39 is 0 Å². The predicted octanol–water partition coefficient (Wildman–Crippen LogP) is 2.15. The van der Waals surface area contributed by atoms with Crippen LogP contribution in [0.1, 0.15) is 5.56 Å². The first-order valence-electron chi connectivity index (χ1n) is 6.34. The summed E-state index contributed by atoms with van der Waals surface area (Å²) in [6.07, 6.45) is 0.849. The van der Waals surface area contributed by atoms with E-state index >= 15 is 0 Å². The van der Waals surface area contributed by atoms with Gasteiger partial charge < -0.3 is 15.5 Å². The lowest BCUT2D eigenvalue weighted by atomic mass is 10.1.